The van der Waals surface area contributed by atoms with Gasteiger partial charge in [0.05, 0.1) is 23.9 Å². The fourth-order valence-corrected chi connectivity index (χ4v) is 2.79. The third kappa shape index (κ3) is 2.05. The van der Waals surface area contributed by atoms with Crippen LogP contribution in [-0.2, 0) is 7.05 Å². The Morgan fingerprint density at radius 2 is 1.95 bits per heavy atom. The fraction of sp³-hybridized carbons (Fsp3) is 0.167. The Balaban J connectivity index is 2.37. The minimum Gasteiger partial charge on any atom is -0.497 e. The van der Waals surface area contributed by atoms with E-state index in [4.69, 9.17) is 4.74 Å². The molecule has 2 aromatic carbocycles. The Morgan fingerprint density at radius 3 is 2.62 bits per heavy atom. The van der Waals surface area contributed by atoms with Gasteiger partial charge in [-0.25, -0.2) is 0 Å². The molecule has 0 aliphatic carbocycles. The smallest absolute Gasteiger partial charge is 0.120 e. The topological polar surface area (TPSA) is 37.9 Å². The molecule has 3 rings (SSSR count). The molecule has 3 aromatic rings. The predicted octanol–water partition coefficient (Wildman–Crippen LogP) is 4.03. The van der Waals surface area contributed by atoms with Gasteiger partial charge >= 0.3 is 0 Å². The highest BCUT2D eigenvalue weighted by Gasteiger charge is 2.17. The number of hydrogen-bond donors (Lipinski definition) is 0. The maximum absolute atomic E-state index is 9.59. The number of aromatic nitrogens is 1. The third-order valence-electron chi connectivity index (χ3n) is 3.81. The van der Waals surface area contributed by atoms with Gasteiger partial charge in [0.15, 0.2) is 0 Å². The Labute approximate surface area is 124 Å². The third-order valence-corrected chi connectivity index (χ3v) is 3.81. The van der Waals surface area contributed by atoms with E-state index in [-0.39, 0.29) is 0 Å². The monoisotopic (exact) mass is 276 g/mol. The molecule has 0 atom stereocenters. The summed E-state index contributed by atoms with van der Waals surface area (Å²) in [4.78, 5) is 0. The van der Waals surface area contributed by atoms with E-state index < -0.39 is 0 Å². The van der Waals surface area contributed by atoms with Crippen LogP contribution < -0.4 is 4.74 Å². The standard InChI is InChI=1S/C18H16N2O/c1-12-5-4-6-13(9-12)18-16(11-19)15-8-7-14(21-3)10-17(15)20(18)2/h4-10H,1-3H3. The molecule has 0 spiro atoms. The van der Waals surface area contributed by atoms with Crippen LogP contribution in [0.1, 0.15) is 11.1 Å². The molecule has 0 saturated carbocycles. The number of nitrogens with zero attached hydrogens (tertiary/aromatic N) is 2. The van der Waals surface area contributed by atoms with E-state index in [0.717, 1.165) is 27.9 Å². The maximum atomic E-state index is 9.59. The Kier molecular flexibility index (Phi) is 3.15. The summed E-state index contributed by atoms with van der Waals surface area (Å²) >= 11 is 0. The molecule has 1 heterocycles. The van der Waals surface area contributed by atoms with Crippen LogP contribution in [0.4, 0.5) is 0 Å². The van der Waals surface area contributed by atoms with Crippen molar-refractivity contribution < 1.29 is 4.74 Å². The highest BCUT2D eigenvalue weighted by Crippen LogP contribution is 2.34. The van der Waals surface area contributed by atoms with Crippen molar-refractivity contribution in [1.82, 2.24) is 4.57 Å². The molecule has 104 valence electrons. The molecule has 0 amide bonds. The summed E-state index contributed by atoms with van der Waals surface area (Å²) in [6.07, 6.45) is 0. The number of benzene rings is 2. The fourth-order valence-electron chi connectivity index (χ4n) is 2.79. The van der Waals surface area contributed by atoms with Crippen LogP contribution in [0.3, 0.4) is 0 Å². The molecule has 0 N–H and O–H groups in total. The van der Waals surface area contributed by atoms with Crippen LogP contribution in [0.25, 0.3) is 22.2 Å². The number of methoxy groups -OCH3 is 1. The second-order valence-electron chi connectivity index (χ2n) is 5.15. The molecule has 1 aromatic heterocycles. The van der Waals surface area contributed by atoms with Gasteiger partial charge < -0.3 is 9.30 Å². The summed E-state index contributed by atoms with van der Waals surface area (Å²) in [7, 11) is 3.64. The van der Waals surface area contributed by atoms with Gasteiger partial charge in [0.25, 0.3) is 0 Å². The lowest BCUT2D eigenvalue weighted by Gasteiger charge is -2.06. The predicted molar refractivity (Wildman–Crippen MR) is 84.4 cm³/mol. The first-order valence-corrected chi connectivity index (χ1v) is 6.79. The molecule has 3 nitrogen and oxygen atoms in total. The minimum atomic E-state index is 0.709. The first-order chi connectivity index (χ1) is 10.2. The number of nitriles is 1. The lowest BCUT2D eigenvalue weighted by Crippen LogP contribution is -1.93. The Morgan fingerprint density at radius 1 is 1.14 bits per heavy atom. The second-order valence-corrected chi connectivity index (χ2v) is 5.15. The van der Waals surface area contributed by atoms with E-state index >= 15 is 0 Å². The lowest BCUT2D eigenvalue weighted by molar-refractivity contribution is 0.415. The molecule has 0 bridgehead atoms. The van der Waals surface area contributed by atoms with Gasteiger partial charge in [-0.05, 0) is 30.7 Å². The second kappa shape index (κ2) is 4.99. The van der Waals surface area contributed by atoms with Crippen molar-refractivity contribution in [3.8, 4) is 23.1 Å². The molecular formula is C18H16N2O. The van der Waals surface area contributed by atoms with Crippen molar-refractivity contribution in [2.75, 3.05) is 7.11 Å². The summed E-state index contributed by atoms with van der Waals surface area (Å²) in [5.74, 6) is 0.795. The van der Waals surface area contributed by atoms with E-state index in [1.54, 1.807) is 7.11 Å². The Hall–Kier alpha value is -2.73. The summed E-state index contributed by atoms with van der Waals surface area (Å²) in [6.45, 7) is 2.06. The minimum absolute atomic E-state index is 0.709. The molecule has 21 heavy (non-hydrogen) atoms. The van der Waals surface area contributed by atoms with Crippen molar-refractivity contribution in [2.24, 2.45) is 7.05 Å². The molecule has 0 fully saturated rings. The zero-order valence-electron chi connectivity index (χ0n) is 12.3. The highest BCUT2D eigenvalue weighted by molar-refractivity contribution is 5.95. The molecule has 0 unspecified atom stereocenters. The van der Waals surface area contributed by atoms with E-state index in [2.05, 4.69) is 29.7 Å². The van der Waals surface area contributed by atoms with Gasteiger partial charge in [0, 0.05) is 18.5 Å². The van der Waals surface area contributed by atoms with Crippen LogP contribution in [-0.4, -0.2) is 11.7 Å². The molecule has 0 aliphatic rings. The van der Waals surface area contributed by atoms with Crippen LogP contribution in [0.2, 0.25) is 0 Å². The van der Waals surface area contributed by atoms with Gasteiger partial charge in [-0.3, -0.25) is 0 Å². The van der Waals surface area contributed by atoms with E-state index in [9.17, 15) is 5.26 Å². The first kappa shape index (κ1) is 13.3. The zero-order valence-corrected chi connectivity index (χ0v) is 12.3. The summed E-state index contributed by atoms with van der Waals surface area (Å²) in [5, 5.41) is 10.5. The van der Waals surface area contributed by atoms with Crippen LogP contribution in [0, 0.1) is 18.3 Å². The van der Waals surface area contributed by atoms with Gasteiger partial charge in [-0.1, -0.05) is 23.8 Å². The van der Waals surface area contributed by atoms with Gasteiger partial charge in [0.1, 0.15) is 11.8 Å². The quantitative estimate of drug-likeness (QED) is 0.708. The van der Waals surface area contributed by atoms with Crippen molar-refractivity contribution >= 4 is 10.9 Å². The summed E-state index contributed by atoms with van der Waals surface area (Å²) < 4.78 is 7.35. The number of aryl methyl sites for hydroxylation is 2. The largest absolute Gasteiger partial charge is 0.497 e. The lowest BCUT2D eigenvalue weighted by atomic mass is 10.0. The maximum Gasteiger partial charge on any atom is 0.120 e. The van der Waals surface area contributed by atoms with Crippen LogP contribution in [0.15, 0.2) is 42.5 Å². The molecule has 0 radical (unpaired) electrons. The first-order valence-electron chi connectivity index (χ1n) is 6.79. The average Bonchev–Trinajstić information content (AvgIpc) is 2.79. The summed E-state index contributed by atoms with van der Waals surface area (Å²) in [6, 6.07) is 16.4. The Bertz CT molecular complexity index is 869. The number of fused-ring (bicyclic) bond motifs is 1. The van der Waals surface area contributed by atoms with E-state index in [0.29, 0.717) is 5.56 Å². The zero-order chi connectivity index (χ0) is 15.0. The van der Waals surface area contributed by atoms with E-state index in [1.165, 1.54) is 5.56 Å². The van der Waals surface area contributed by atoms with Gasteiger partial charge in [0.2, 0.25) is 0 Å². The normalized spacial score (nSPS) is 10.6. The van der Waals surface area contributed by atoms with Crippen molar-refractivity contribution in [3.63, 3.8) is 0 Å². The van der Waals surface area contributed by atoms with Crippen molar-refractivity contribution in [2.45, 2.75) is 6.92 Å². The number of ether oxygens (including phenoxy) is 1. The highest BCUT2D eigenvalue weighted by atomic mass is 16.5. The van der Waals surface area contributed by atoms with Crippen LogP contribution in [0.5, 0.6) is 5.75 Å². The van der Waals surface area contributed by atoms with Gasteiger partial charge in [-0.15, -0.1) is 0 Å². The van der Waals surface area contributed by atoms with Crippen molar-refractivity contribution in [1.29, 1.82) is 5.26 Å². The van der Waals surface area contributed by atoms with E-state index in [1.807, 2.05) is 37.4 Å². The molecular weight excluding hydrogens is 260 g/mol. The molecule has 0 aliphatic heterocycles. The average molecular weight is 276 g/mol. The van der Waals surface area contributed by atoms with Crippen molar-refractivity contribution in [3.05, 3.63) is 53.6 Å². The summed E-state index contributed by atoms with van der Waals surface area (Å²) in [5.41, 5.74) is 4.90. The SMILES string of the molecule is COc1ccc2c(C#N)c(-c3cccc(C)c3)n(C)c2c1. The van der Waals surface area contributed by atoms with Crippen LogP contribution >= 0.6 is 0 Å². The van der Waals surface area contributed by atoms with Gasteiger partial charge in [-0.2, -0.15) is 5.26 Å². The number of rotatable bonds is 2. The molecule has 3 heteroatoms. The molecule has 0 saturated heterocycles. The number of hydrogen-bond acceptors (Lipinski definition) is 2.